The second kappa shape index (κ2) is 9.14. The fraction of sp³-hybridized carbons (Fsp3) is 0.857. The van der Waals surface area contributed by atoms with Gasteiger partial charge in [-0.05, 0) is 0 Å². The maximum absolute atomic E-state index is 11.4. The van der Waals surface area contributed by atoms with E-state index in [1.54, 1.807) is 0 Å². The van der Waals surface area contributed by atoms with Gasteiger partial charge in [-0.2, -0.15) is 0 Å². The first-order valence-electron chi connectivity index (χ1n) is 7.08. The lowest BCUT2D eigenvalue weighted by Crippen LogP contribution is -2.64. The maximum atomic E-state index is 11.4. The summed E-state index contributed by atoms with van der Waals surface area (Å²) < 4.78 is 31.4. The minimum Gasteiger partial charge on any atom is -0.457 e. The lowest BCUT2D eigenvalue weighted by Gasteiger charge is -2.44. The quantitative estimate of drug-likeness (QED) is 0.600. The van der Waals surface area contributed by atoms with Crippen LogP contribution in [0.2, 0.25) is 0 Å². The predicted molar refractivity (Wildman–Crippen MR) is 75.5 cm³/mol. The smallest absolute Gasteiger partial charge is 0.303 e. The molecule has 134 valence electrons. The van der Waals surface area contributed by atoms with E-state index in [9.17, 15) is 14.7 Å². The molecule has 0 saturated carbocycles. The zero-order valence-electron chi connectivity index (χ0n) is 13.9. The number of aliphatic hydroxyl groups excluding tert-OH is 1. The molecule has 0 spiro atoms. The SMILES string of the molecule is COC[C@@H](OC)[C@H]1OC(O)[C@H](OC(C)=O)[C@@H](OC)[C@@H]1OC(C)=O. The third kappa shape index (κ3) is 5.11. The molecule has 1 heterocycles. The summed E-state index contributed by atoms with van der Waals surface area (Å²) in [5.41, 5.74) is 0. The summed E-state index contributed by atoms with van der Waals surface area (Å²) in [7, 11) is 4.26. The Balaban J connectivity index is 3.10. The Kier molecular flexibility index (Phi) is 7.86. The lowest BCUT2D eigenvalue weighted by atomic mass is 9.94. The number of rotatable bonds is 7. The normalized spacial score (nSPS) is 32.2. The minimum absolute atomic E-state index is 0.139. The Hall–Kier alpha value is -1.26. The van der Waals surface area contributed by atoms with E-state index in [0.29, 0.717) is 0 Å². The predicted octanol–water partition coefficient (Wildman–Crippen LogP) is -0.757. The summed E-state index contributed by atoms with van der Waals surface area (Å²) in [6.45, 7) is 2.56. The minimum atomic E-state index is -1.46. The van der Waals surface area contributed by atoms with E-state index in [4.69, 9.17) is 28.4 Å². The molecular formula is C14H24O9. The molecule has 0 aliphatic carbocycles. The van der Waals surface area contributed by atoms with E-state index >= 15 is 0 Å². The third-order valence-electron chi connectivity index (χ3n) is 3.43. The van der Waals surface area contributed by atoms with Gasteiger partial charge in [-0.25, -0.2) is 0 Å². The molecule has 0 aromatic rings. The van der Waals surface area contributed by atoms with Crippen LogP contribution in [-0.2, 0) is 38.0 Å². The van der Waals surface area contributed by atoms with Crippen molar-refractivity contribution >= 4 is 11.9 Å². The molecule has 0 aromatic carbocycles. The summed E-state index contributed by atoms with van der Waals surface area (Å²) in [4.78, 5) is 22.6. The van der Waals surface area contributed by atoms with Crippen molar-refractivity contribution in [2.75, 3.05) is 27.9 Å². The van der Waals surface area contributed by atoms with E-state index in [0.717, 1.165) is 0 Å². The number of carbonyl (C=O) groups is 2. The average Bonchev–Trinajstić information content (AvgIpc) is 2.47. The van der Waals surface area contributed by atoms with Gasteiger partial charge in [0.15, 0.2) is 18.5 Å². The van der Waals surface area contributed by atoms with Gasteiger partial charge < -0.3 is 33.5 Å². The summed E-state index contributed by atoms with van der Waals surface area (Å²) >= 11 is 0. The zero-order chi connectivity index (χ0) is 17.6. The fourth-order valence-corrected chi connectivity index (χ4v) is 2.52. The zero-order valence-corrected chi connectivity index (χ0v) is 13.9. The van der Waals surface area contributed by atoms with E-state index in [1.165, 1.54) is 35.2 Å². The first-order chi connectivity index (χ1) is 10.8. The molecule has 6 atom stereocenters. The molecule has 0 radical (unpaired) electrons. The van der Waals surface area contributed by atoms with Gasteiger partial charge in [0.1, 0.15) is 18.3 Å². The molecule has 1 unspecified atom stereocenters. The van der Waals surface area contributed by atoms with Crippen molar-refractivity contribution in [3.05, 3.63) is 0 Å². The number of aliphatic hydroxyl groups is 1. The van der Waals surface area contributed by atoms with Crippen LogP contribution in [0.25, 0.3) is 0 Å². The highest BCUT2D eigenvalue weighted by atomic mass is 16.7. The summed E-state index contributed by atoms with van der Waals surface area (Å²) in [5, 5.41) is 10.1. The van der Waals surface area contributed by atoms with Crippen molar-refractivity contribution in [3.63, 3.8) is 0 Å². The van der Waals surface area contributed by atoms with Crippen LogP contribution in [-0.4, -0.2) is 81.8 Å². The van der Waals surface area contributed by atoms with Gasteiger partial charge in [0.2, 0.25) is 0 Å². The molecule has 1 aliphatic rings. The second-order valence-corrected chi connectivity index (χ2v) is 5.07. The average molecular weight is 336 g/mol. The highest BCUT2D eigenvalue weighted by Crippen LogP contribution is 2.29. The topological polar surface area (TPSA) is 110 Å². The van der Waals surface area contributed by atoms with Gasteiger partial charge in [-0.15, -0.1) is 0 Å². The van der Waals surface area contributed by atoms with Crippen LogP contribution in [0.1, 0.15) is 13.8 Å². The molecule has 0 bridgehead atoms. The van der Waals surface area contributed by atoms with Gasteiger partial charge >= 0.3 is 11.9 Å². The molecule has 1 rings (SSSR count). The van der Waals surface area contributed by atoms with Crippen molar-refractivity contribution in [2.24, 2.45) is 0 Å². The van der Waals surface area contributed by atoms with E-state index in [1.807, 2.05) is 0 Å². The maximum Gasteiger partial charge on any atom is 0.303 e. The van der Waals surface area contributed by atoms with E-state index in [2.05, 4.69) is 0 Å². The standard InChI is InChI=1S/C14H24O9/c1-7(15)21-12-10(9(19-4)6-18-3)23-14(17)13(11(12)20-5)22-8(2)16/h9-14,17H,6H2,1-5H3/t9-,10-,11+,12-,13-,14?/m1/s1. The monoisotopic (exact) mass is 336 g/mol. The van der Waals surface area contributed by atoms with Gasteiger partial charge in [-0.1, -0.05) is 0 Å². The Morgan fingerprint density at radius 1 is 1.04 bits per heavy atom. The lowest BCUT2D eigenvalue weighted by molar-refractivity contribution is -0.308. The molecule has 1 saturated heterocycles. The summed E-state index contributed by atoms with van der Waals surface area (Å²) in [6.07, 6.45) is -5.98. The van der Waals surface area contributed by atoms with Crippen LogP contribution in [0.5, 0.6) is 0 Å². The van der Waals surface area contributed by atoms with Crippen LogP contribution >= 0.6 is 0 Å². The van der Waals surface area contributed by atoms with Crippen molar-refractivity contribution in [2.45, 2.75) is 50.7 Å². The van der Waals surface area contributed by atoms with Crippen LogP contribution in [0.4, 0.5) is 0 Å². The van der Waals surface area contributed by atoms with Crippen LogP contribution in [0.15, 0.2) is 0 Å². The first-order valence-corrected chi connectivity index (χ1v) is 7.08. The van der Waals surface area contributed by atoms with E-state index in [-0.39, 0.29) is 6.61 Å². The van der Waals surface area contributed by atoms with Gasteiger partial charge in [-0.3, -0.25) is 9.59 Å². The number of methoxy groups -OCH3 is 3. The van der Waals surface area contributed by atoms with Crippen LogP contribution < -0.4 is 0 Å². The largest absolute Gasteiger partial charge is 0.457 e. The van der Waals surface area contributed by atoms with Gasteiger partial charge in [0.05, 0.1) is 6.61 Å². The molecule has 9 nitrogen and oxygen atoms in total. The Labute approximate surface area is 134 Å². The molecular weight excluding hydrogens is 312 g/mol. The number of esters is 2. The first kappa shape index (κ1) is 19.8. The van der Waals surface area contributed by atoms with Crippen LogP contribution in [0, 0.1) is 0 Å². The highest BCUT2D eigenvalue weighted by Gasteiger charge is 2.52. The van der Waals surface area contributed by atoms with Crippen molar-refractivity contribution < 1.29 is 43.1 Å². The van der Waals surface area contributed by atoms with Crippen LogP contribution in [0.3, 0.4) is 0 Å². The molecule has 1 N–H and O–H groups in total. The fourth-order valence-electron chi connectivity index (χ4n) is 2.52. The number of ether oxygens (including phenoxy) is 6. The molecule has 23 heavy (non-hydrogen) atoms. The Morgan fingerprint density at radius 2 is 1.61 bits per heavy atom. The molecule has 1 aliphatic heterocycles. The highest BCUT2D eigenvalue weighted by molar-refractivity contribution is 5.67. The van der Waals surface area contributed by atoms with Crippen molar-refractivity contribution in [1.29, 1.82) is 0 Å². The Morgan fingerprint density at radius 3 is 2.04 bits per heavy atom. The molecule has 0 amide bonds. The van der Waals surface area contributed by atoms with Gasteiger partial charge in [0, 0.05) is 35.2 Å². The van der Waals surface area contributed by atoms with E-state index < -0.39 is 48.7 Å². The summed E-state index contributed by atoms with van der Waals surface area (Å²) in [5.74, 6) is -1.20. The number of carbonyl (C=O) groups excluding carboxylic acids is 2. The second-order valence-electron chi connectivity index (χ2n) is 5.07. The van der Waals surface area contributed by atoms with Gasteiger partial charge in [0.25, 0.3) is 0 Å². The van der Waals surface area contributed by atoms with Crippen molar-refractivity contribution in [3.8, 4) is 0 Å². The Bertz CT molecular complexity index is 400. The molecule has 0 aromatic heterocycles. The number of hydrogen-bond donors (Lipinski definition) is 1. The van der Waals surface area contributed by atoms with Crippen molar-refractivity contribution in [1.82, 2.24) is 0 Å². The summed E-state index contributed by atoms with van der Waals surface area (Å²) in [6, 6.07) is 0. The molecule has 1 fully saturated rings. The number of hydrogen-bond acceptors (Lipinski definition) is 9. The molecule has 9 heteroatoms. The third-order valence-corrected chi connectivity index (χ3v) is 3.43.